The van der Waals surface area contributed by atoms with Gasteiger partial charge in [0.1, 0.15) is 0 Å². The van der Waals surface area contributed by atoms with E-state index in [-0.39, 0.29) is 0 Å². The minimum absolute atomic E-state index is 1.06. The molecule has 0 aliphatic carbocycles. The van der Waals surface area contributed by atoms with Crippen molar-refractivity contribution >= 4 is 5.71 Å². The van der Waals surface area contributed by atoms with Crippen molar-refractivity contribution in [2.75, 3.05) is 0 Å². The molecular weight excluding hydrogens is 170 g/mol. The van der Waals surface area contributed by atoms with Gasteiger partial charge in [-0.15, -0.1) is 0 Å². The highest BCUT2D eigenvalue weighted by molar-refractivity contribution is 5.99. The van der Waals surface area contributed by atoms with Crippen LogP contribution in [0.4, 0.5) is 0 Å². The van der Waals surface area contributed by atoms with Crippen LogP contribution < -0.4 is 0 Å². The minimum atomic E-state index is 1.06. The fourth-order valence-electron chi connectivity index (χ4n) is 1.10. The summed E-state index contributed by atoms with van der Waals surface area (Å²) in [6.45, 7) is 8.22. The van der Waals surface area contributed by atoms with Gasteiger partial charge in [-0.3, -0.25) is 4.99 Å². The molecule has 1 nitrogen and oxygen atoms in total. The summed E-state index contributed by atoms with van der Waals surface area (Å²) in [6.07, 6.45) is 1.90. The predicted octanol–water partition coefficient (Wildman–Crippen LogP) is 3.73. The number of aryl methyl sites for hydroxylation is 1. The second-order valence-corrected chi connectivity index (χ2v) is 3.79. The average molecular weight is 187 g/mol. The molecule has 0 bridgehead atoms. The molecule has 0 aromatic heterocycles. The first-order valence-corrected chi connectivity index (χ1v) is 4.84. The summed E-state index contributed by atoms with van der Waals surface area (Å²) >= 11 is 0. The van der Waals surface area contributed by atoms with Crippen LogP contribution in [0.15, 0.2) is 41.0 Å². The van der Waals surface area contributed by atoms with Crippen molar-refractivity contribution in [3.8, 4) is 0 Å². The Morgan fingerprint density at radius 3 is 2.14 bits per heavy atom. The van der Waals surface area contributed by atoms with Gasteiger partial charge < -0.3 is 0 Å². The van der Waals surface area contributed by atoms with Crippen LogP contribution in [0.5, 0.6) is 0 Å². The maximum Gasteiger partial charge on any atom is 0.0444 e. The summed E-state index contributed by atoms with van der Waals surface area (Å²) in [5.74, 6) is 0. The lowest BCUT2D eigenvalue weighted by Crippen LogP contribution is -1.93. The van der Waals surface area contributed by atoms with Gasteiger partial charge in [-0.25, -0.2) is 0 Å². The molecule has 0 saturated carbocycles. The van der Waals surface area contributed by atoms with Crippen molar-refractivity contribution < 1.29 is 0 Å². The first kappa shape index (κ1) is 10.7. The molecule has 1 aromatic carbocycles. The number of hydrogen-bond acceptors (Lipinski definition) is 1. The molecule has 0 amide bonds. The molecule has 0 N–H and O–H groups in total. The van der Waals surface area contributed by atoms with E-state index < -0.39 is 0 Å². The molecule has 1 aromatic rings. The SMILES string of the molecule is CC(C)=C/N=C(\C)c1ccc(C)cc1. The first-order valence-electron chi connectivity index (χ1n) is 4.84. The molecule has 0 spiro atoms. The first-order chi connectivity index (χ1) is 6.59. The normalized spacial score (nSPS) is 11.3. The van der Waals surface area contributed by atoms with Crippen LogP contribution in [0.1, 0.15) is 31.9 Å². The third kappa shape index (κ3) is 3.17. The van der Waals surface area contributed by atoms with Crippen LogP contribution in [0, 0.1) is 6.92 Å². The van der Waals surface area contributed by atoms with E-state index in [1.807, 2.05) is 27.0 Å². The van der Waals surface area contributed by atoms with E-state index in [2.05, 4.69) is 36.2 Å². The Hall–Kier alpha value is -1.37. The van der Waals surface area contributed by atoms with Gasteiger partial charge in [0, 0.05) is 11.9 Å². The third-order valence-corrected chi connectivity index (χ3v) is 1.99. The van der Waals surface area contributed by atoms with E-state index in [1.54, 1.807) is 0 Å². The summed E-state index contributed by atoms with van der Waals surface area (Å²) in [4.78, 5) is 4.38. The molecule has 0 aliphatic rings. The molecule has 0 saturated heterocycles. The second kappa shape index (κ2) is 4.75. The number of rotatable bonds is 2. The number of aliphatic imine (C=N–C) groups is 1. The smallest absolute Gasteiger partial charge is 0.0444 e. The van der Waals surface area contributed by atoms with E-state index >= 15 is 0 Å². The van der Waals surface area contributed by atoms with Gasteiger partial charge in [-0.2, -0.15) is 0 Å². The van der Waals surface area contributed by atoms with Crippen molar-refractivity contribution in [2.45, 2.75) is 27.7 Å². The van der Waals surface area contributed by atoms with Crippen molar-refractivity contribution in [3.63, 3.8) is 0 Å². The van der Waals surface area contributed by atoms with Gasteiger partial charge >= 0.3 is 0 Å². The Bertz CT molecular complexity index is 351. The van der Waals surface area contributed by atoms with Crippen LogP contribution in [0.2, 0.25) is 0 Å². The molecule has 1 heteroatoms. The average Bonchev–Trinajstić information content (AvgIpc) is 2.15. The van der Waals surface area contributed by atoms with Crippen molar-refractivity contribution in [3.05, 3.63) is 47.2 Å². The Kier molecular flexibility index (Phi) is 3.63. The van der Waals surface area contributed by atoms with E-state index in [1.165, 1.54) is 16.7 Å². The predicted molar refractivity (Wildman–Crippen MR) is 62.8 cm³/mol. The Morgan fingerprint density at radius 2 is 1.64 bits per heavy atom. The number of allylic oxidation sites excluding steroid dienone is 1. The highest BCUT2D eigenvalue weighted by atomic mass is 14.7. The van der Waals surface area contributed by atoms with Gasteiger partial charge in [0.25, 0.3) is 0 Å². The molecule has 74 valence electrons. The van der Waals surface area contributed by atoms with Gasteiger partial charge in [0.15, 0.2) is 0 Å². The summed E-state index contributed by atoms with van der Waals surface area (Å²) in [5, 5.41) is 0. The zero-order valence-electron chi connectivity index (χ0n) is 9.33. The van der Waals surface area contributed by atoms with Crippen molar-refractivity contribution in [2.24, 2.45) is 4.99 Å². The molecule has 0 aliphatic heterocycles. The van der Waals surface area contributed by atoms with E-state index in [4.69, 9.17) is 0 Å². The summed E-state index contributed by atoms with van der Waals surface area (Å²) in [7, 11) is 0. The summed E-state index contributed by atoms with van der Waals surface area (Å²) < 4.78 is 0. The molecule has 14 heavy (non-hydrogen) atoms. The number of nitrogens with zero attached hydrogens (tertiary/aromatic N) is 1. The molecule has 1 rings (SSSR count). The Balaban J connectivity index is 2.89. The highest BCUT2D eigenvalue weighted by Gasteiger charge is 1.94. The topological polar surface area (TPSA) is 12.4 Å². The fourth-order valence-corrected chi connectivity index (χ4v) is 1.10. The zero-order valence-corrected chi connectivity index (χ0v) is 9.33. The molecular formula is C13H17N. The number of hydrogen-bond donors (Lipinski definition) is 0. The largest absolute Gasteiger partial charge is 0.261 e. The van der Waals surface area contributed by atoms with Gasteiger partial charge in [0.05, 0.1) is 0 Å². The Morgan fingerprint density at radius 1 is 1.07 bits per heavy atom. The minimum Gasteiger partial charge on any atom is -0.261 e. The summed E-state index contributed by atoms with van der Waals surface area (Å²) in [6, 6.07) is 8.42. The van der Waals surface area contributed by atoms with E-state index in [0.717, 1.165) is 5.71 Å². The maximum atomic E-state index is 4.38. The van der Waals surface area contributed by atoms with Crippen LogP contribution in [0.25, 0.3) is 0 Å². The Labute approximate surface area is 86.2 Å². The molecule has 0 radical (unpaired) electrons. The third-order valence-electron chi connectivity index (χ3n) is 1.99. The summed E-state index contributed by atoms with van der Waals surface area (Å²) in [5.41, 5.74) is 4.75. The molecule has 0 heterocycles. The molecule has 0 fully saturated rings. The standard InChI is InChI=1S/C13H17N/c1-10(2)9-14-12(4)13-7-5-11(3)6-8-13/h5-9H,1-4H3/b14-12+. The van der Waals surface area contributed by atoms with Crippen LogP contribution >= 0.6 is 0 Å². The van der Waals surface area contributed by atoms with E-state index in [9.17, 15) is 0 Å². The van der Waals surface area contributed by atoms with Crippen molar-refractivity contribution in [1.82, 2.24) is 0 Å². The van der Waals surface area contributed by atoms with Crippen LogP contribution in [-0.2, 0) is 0 Å². The van der Waals surface area contributed by atoms with E-state index in [0.29, 0.717) is 0 Å². The lowest BCUT2D eigenvalue weighted by atomic mass is 10.1. The lowest BCUT2D eigenvalue weighted by molar-refractivity contribution is 1.33. The molecule has 0 atom stereocenters. The number of benzene rings is 1. The monoisotopic (exact) mass is 187 g/mol. The van der Waals surface area contributed by atoms with Crippen molar-refractivity contribution in [1.29, 1.82) is 0 Å². The fraction of sp³-hybridized carbons (Fsp3) is 0.308. The highest BCUT2D eigenvalue weighted by Crippen LogP contribution is 2.05. The van der Waals surface area contributed by atoms with Gasteiger partial charge in [-0.1, -0.05) is 35.4 Å². The zero-order chi connectivity index (χ0) is 10.6. The quantitative estimate of drug-likeness (QED) is 0.626. The van der Waals surface area contributed by atoms with Gasteiger partial charge in [-0.05, 0) is 33.3 Å². The van der Waals surface area contributed by atoms with Crippen LogP contribution in [-0.4, -0.2) is 5.71 Å². The lowest BCUT2D eigenvalue weighted by Gasteiger charge is -1.99. The van der Waals surface area contributed by atoms with Gasteiger partial charge in [0.2, 0.25) is 0 Å². The maximum absolute atomic E-state index is 4.38. The van der Waals surface area contributed by atoms with Crippen LogP contribution in [0.3, 0.4) is 0 Å². The second-order valence-electron chi connectivity index (χ2n) is 3.79. The molecule has 0 unspecified atom stereocenters.